The van der Waals surface area contributed by atoms with Gasteiger partial charge < -0.3 is 18.9 Å². The number of methoxy groups -OCH3 is 2. The number of imide groups is 1. The molecule has 3 aromatic carbocycles. The third kappa shape index (κ3) is 5.38. The van der Waals surface area contributed by atoms with E-state index in [1.807, 2.05) is 61.5 Å². The summed E-state index contributed by atoms with van der Waals surface area (Å²) in [5.41, 5.74) is 4.08. The number of amides is 2. The second-order valence-corrected chi connectivity index (χ2v) is 9.81. The molecule has 0 aromatic heterocycles. The van der Waals surface area contributed by atoms with Crippen LogP contribution in [0.15, 0.2) is 66.7 Å². The summed E-state index contributed by atoms with van der Waals surface area (Å²) in [6, 6.07) is 20.0. The van der Waals surface area contributed by atoms with Crippen molar-refractivity contribution in [3.8, 4) is 11.5 Å². The Hall–Kier alpha value is -4.17. The molecule has 1 aliphatic heterocycles. The van der Waals surface area contributed by atoms with Crippen molar-refractivity contribution in [3.63, 3.8) is 0 Å². The van der Waals surface area contributed by atoms with Crippen molar-refractivity contribution in [1.29, 1.82) is 0 Å². The van der Waals surface area contributed by atoms with Crippen molar-refractivity contribution in [2.45, 2.75) is 44.4 Å². The molecule has 2 atom stereocenters. The highest BCUT2D eigenvalue weighted by Crippen LogP contribution is 2.32. The van der Waals surface area contributed by atoms with Crippen LogP contribution in [0.5, 0.6) is 11.5 Å². The van der Waals surface area contributed by atoms with Crippen LogP contribution < -0.4 is 9.47 Å². The van der Waals surface area contributed by atoms with Crippen LogP contribution in [0.3, 0.4) is 0 Å². The largest absolute Gasteiger partial charge is 0.496 e. The lowest BCUT2D eigenvalue weighted by atomic mass is 10.0. The molecule has 1 saturated heterocycles. The second kappa shape index (κ2) is 11.3. The molecule has 8 heteroatoms. The van der Waals surface area contributed by atoms with E-state index in [2.05, 4.69) is 0 Å². The molecule has 1 fully saturated rings. The lowest BCUT2D eigenvalue weighted by molar-refractivity contribution is -0.141. The molecule has 1 unspecified atom stereocenters. The molecule has 2 aliphatic rings. The number of cyclic esters (lactones) is 1. The van der Waals surface area contributed by atoms with E-state index in [1.165, 1.54) is 14.2 Å². The first-order valence-corrected chi connectivity index (χ1v) is 12.9. The van der Waals surface area contributed by atoms with Gasteiger partial charge in [-0.15, -0.1) is 0 Å². The van der Waals surface area contributed by atoms with Crippen LogP contribution in [0.4, 0.5) is 4.79 Å². The van der Waals surface area contributed by atoms with Gasteiger partial charge in [0.2, 0.25) is 5.78 Å². The first-order valence-electron chi connectivity index (χ1n) is 12.9. The summed E-state index contributed by atoms with van der Waals surface area (Å²) in [5, 5.41) is 0. The SMILES string of the molecule is COc1cc(C(=O)C(OC2Cc3ccccc3C2)C(=O)N2C(=O)OC[C@H]2Cc2ccccc2)cc(OC)c1C. The predicted octanol–water partition coefficient (Wildman–Crippen LogP) is 4.34. The molecule has 2 amide bonds. The maximum atomic E-state index is 14.0. The number of fused-ring (bicyclic) bond motifs is 1. The molecule has 0 saturated carbocycles. The van der Waals surface area contributed by atoms with Crippen LogP contribution in [0, 0.1) is 6.92 Å². The number of ether oxygens (including phenoxy) is 4. The highest BCUT2D eigenvalue weighted by Gasteiger charge is 2.45. The molecule has 1 heterocycles. The minimum absolute atomic E-state index is 0.0431. The number of nitrogens with zero attached hydrogens (tertiary/aromatic N) is 1. The van der Waals surface area contributed by atoms with Crippen LogP contribution in [0.25, 0.3) is 0 Å². The van der Waals surface area contributed by atoms with Gasteiger partial charge in [0.25, 0.3) is 5.91 Å². The summed E-state index contributed by atoms with van der Waals surface area (Å²) >= 11 is 0. The monoisotopic (exact) mass is 529 g/mol. The van der Waals surface area contributed by atoms with E-state index in [4.69, 9.17) is 18.9 Å². The molecule has 0 spiro atoms. The van der Waals surface area contributed by atoms with Crippen molar-refractivity contribution in [2.75, 3.05) is 20.8 Å². The number of ketones is 1. The van der Waals surface area contributed by atoms with Crippen molar-refractivity contribution >= 4 is 17.8 Å². The fourth-order valence-electron chi connectivity index (χ4n) is 5.31. The van der Waals surface area contributed by atoms with Gasteiger partial charge in [0.05, 0.1) is 26.4 Å². The fraction of sp³-hybridized carbons (Fsp3) is 0.323. The summed E-state index contributed by atoms with van der Waals surface area (Å²) in [5.74, 6) is -0.428. The topological polar surface area (TPSA) is 91.4 Å². The molecule has 202 valence electrons. The average molecular weight is 530 g/mol. The first kappa shape index (κ1) is 26.4. The van der Waals surface area contributed by atoms with E-state index in [0.29, 0.717) is 30.8 Å². The molecule has 3 aromatic rings. The first-order chi connectivity index (χ1) is 18.9. The molecule has 8 nitrogen and oxygen atoms in total. The Morgan fingerprint density at radius 3 is 2.13 bits per heavy atom. The number of carbonyl (C=O) groups is 3. The third-order valence-electron chi connectivity index (χ3n) is 7.35. The number of hydrogen-bond acceptors (Lipinski definition) is 7. The Balaban J connectivity index is 1.47. The highest BCUT2D eigenvalue weighted by atomic mass is 16.6. The van der Waals surface area contributed by atoms with Crippen molar-refractivity contribution in [2.24, 2.45) is 0 Å². The standard InChI is InChI=1S/C31H31NO7/c1-19-26(36-2)16-23(17-27(19)37-3)28(33)29(39-25-14-21-11-7-8-12-22(21)15-25)30(34)32-24(18-38-31(32)35)13-20-9-5-4-6-10-20/h4-12,16-17,24-25,29H,13-15,18H2,1-3H3/t24-,29?/m1/s1. The molecule has 39 heavy (non-hydrogen) atoms. The molecule has 1 aliphatic carbocycles. The Kier molecular flexibility index (Phi) is 7.65. The summed E-state index contributed by atoms with van der Waals surface area (Å²) in [7, 11) is 3.00. The van der Waals surface area contributed by atoms with Crippen molar-refractivity contribution in [1.82, 2.24) is 4.90 Å². The molecule has 0 N–H and O–H groups in total. The number of hydrogen-bond donors (Lipinski definition) is 0. The Morgan fingerprint density at radius 1 is 0.949 bits per heavy atom. The van der Waals surface area contributed by atoms with Gasteiger partial charge >= 0.3 is 6.09 Å². The smallest absolute Gasteiger partial charge is 0.417 e. The number of benzene rings is 3. The van der Waals surface area contributed by atoms with Crippen molar-refractivity contribution in [3.05, 3.63) is 94.5 Å². The lowest BCUT2D eigenvalue weighted by Gasteiger charge is -2.26. The van der Waals surface area contributed by atoms with Crippen LogP contribution in [-0.4, -0.2) is 61.8 Å². The zero-order valence-electron chi connectivity index (χ0n) is 22.2. The lowest BCUT2D eigenvalue weighted by Crippen LogP contribution is -2.50. The van der Waals surface area contributed by atoms with Gasteiger partial charge in [-0.25, -0.2) is 9.69 Å². The van der Waals surface area contributed by atoms with E-state index in [1.54, 1.807) is 12.1 Å². The van der Waals surface area contributed by atoms with E-state index >= 15 is 0 Å². The second-order valence-electron chi connectivity index (χ2n) is 9.81. The average Bonchev–Trinajstić information content (AvgIpc) is 3.54. The van der Waals surface area contributed by atoms with Crippen LogP contribution >= 0.6 is 0 Å². The molecule has 0 bridgehead atoms. The summed E-state index contributed by atoms with van der Waals surface area (Å²) in [6.07, 6.45) is -1.21. The minimum atomic E-state index is -1.55. The van der Waals surface area contributed by atoms with Gasteiger partial charge in [-0.1, -0.05) is 54.6 Å². The summed E-state index contributed by atoms with van der Waals surface area (Å²) in [4.78, 5) is 41.9. The summed E-state index contributed by atoms with van der Waals surface area (Å²) < 4.78 is 22.5. The predicted molar refractivity (Wildman–Crippen MR) is 143 cm³/mol. The highest BCUT2D eigenvalue weighted by molar-refractivity contribution is 6.15. The van der Waals surface area contributed by atoms with Gasteiger partial charge in [0.15, 0.2) is 6.10 Å². The van der Waals surface area contributed by atoms with Crippen LogP contribution in [0.1, 0.15) is 32.6 Å². The van der Waals surface area contributed by atoms with E-state index in [0.717, 1.165) is 27.2 Å². The Labute approximate surface area is 227 Å². The molecule has 5 rings (SSSR count). The van der Waals surface area contributed by atoms with Gasteiger partial charge in [-0.2, -0.15) is 0 Å². The number of carbonyl (C=O) groups excluding carboxylic acids is 3. The molecule has 0 radical (unpaired) electrons. The molecular weight excluding hydrogens is 498 g/mol. The molecular formula is C31H31NO7. The Bertz CT molecular complexity index is 1340. The van der Waals surface area contributed by atoms with Gasteiger partial charge in [0, 0.05) is 11.1 Å². The Morgan fingerprint density at radius 2 is 1.54 bits per heavy atom. The maximum absolute atomic E-state index is 14.0. The van der Waals surface area contributed by atoms with Gasteiger partial charge in [-0.05, 0) is 55.0 Å². The zero-order chi connectivity index (χ0) is 27.5. The zero-order valence-corrected chi connectivity index (χ0v) is 22.2. The number of rotatable bonds is 9. The van der Waals surface area contributed by atoms with Gasteiger partial charge in [-0.3, -0.25) is 9.59 Å². The van der Waals surface area contributed by atoms with Gasteiger partial charge in [0.1, 0.15) is 18.1 Å². The number of Topliss-reactive ketones (excluding diaryl/α,β-unsaturated/α-hetero) is 1. The third-order valence-corrected chi connectivity index (χ3v) is 7.35. The normalized spacial score (nSPS) is 17.5. The minimum Gasteiger partial charge on any atom is -0.496 e. The van der Waals surface area contributed by atoms with Crippen LogP contribution in [-0.2, 0) is 33.5 Å². The maximum Gasteiger partial charge on any atom is 0.417 e. The van der Waals surface area contributed by atoms with E-state index < -0.39 is 36.0 Å². The summed E-state index contributed by atoms with van der Waals surface area (Å²) in [6.45, 7) is 1.86. The van der Waals surface area contributed by atoms with E-state index in [-0.39, 0.29) is 12.2 Å². The quantitative estimate of drug-likeness (QED) is 0.301. The van der Waals surface area contributed by atoms with E-state index in [9.17, 15) is 14.4 Å². The van der Waals surface area contributed by atoms with Crippen molar-refractivity contribution < 1.29 is 33.3 Å². The van der Waals surface area contributed by atoms with Crippen LogP contribution in [0.2, 0.25) is 0 Å². The fourth-order valence-corrected chi connectivity index (χ4v) is 5.31.